The van der Waals surface area contributed by atoms with Gasteiger partial charge in [0, 0.05) is 12.0 Å². The van der Waals surface area contributed by atoms with Crippen LogP contribution in [0.25, 0.3) is 0 Å². The summed E-state index contributed by atoms with van der Waals surface area (Å²) in [5, 5.41) is 2.78. The zero-order chi connectivity index (χ0) is 21.3. The lowest BCUT2D eigenvalue weighted by Crippen LogP contribution is -2.28. The van der Waals surface area contributed by atoms with Gasteiger partial charge in [0.05, 0.1) is 11.6 Å². The van der Waals surface area contributed by atoms with E-state index >= 15 is 0 Å². The zero-order valence-electron chi connectivity index (χ0n) is 16.2. The Hall–Kier alpha value is -3.54. The van der Waals surface area contributed by atoms with E-state index in [1.54, 1.807) is 25.1 Å². The minimum absolute atomic E-state index is 0.370. The molecular formula is C24H19F2NO3. The monoisotopic (exact) mass is 407 g/mol. The molecule has 0 fully saturated rings. The van der Waals surface area contributed by atoms with Gasteiger partial charge in [-0.25, -0.2) is 13.6 Å². The molecule has 1 aliphatic heterocycles. The van der Waals surface area contributed by atoms with Gasteiger partial charge in [0.2, 0.25) is 0 Å². The van der Waals surface area contributed by atoms with Crippen LogP contribution in [0.15, 0.2) is 66.7 Å². The van der Waals surface area contributed by atoms with E-state index in [4.69, 9.17) is 4.74 Å². The van der Waals surface area contributed by atoms with Crippen molar-refractivity contribution in [3.8, 4) is 0 Å². The fourth-order valence-corrected chi connectivity index (χ4v) is 3.54. The Kier molecular flexibility index (Phi) is 5.31. The van der Waals surface area contributed by atoms with Crippen LogP contribution in [0.2, 0.25) is 0 Å². The van der Waals surface area contributed by atoms with Gasteiger partial charge in [-0.05, 0) is 53.9 Å². The molecule has 1 N–H and O–H groups in total. The lowest BCUT2D eigenvalue weighted by molar-refractivity contribution is 0.0252. The second-order valence-electron chi connectivity index (χ2n) is 7.25. The van der Waals surface area contributed by atoms with Gasteiger partial charge >= 0.3 is 5.97 Å². The maximum Gasteiger partial charge on any atom is 0.339 e. The number of hydrogen-bond acceptors (Lipinski definition) is 3. The summed E-state index contributed by atoms with van der Waals surface area (Å²) in [5.74, 6) is -2.70. The molecule has 0 radical (unpaired) electrons. The first kappa shape index (κ1) is 19.8. The van der Waals surface area contributed by atoms with Gasteiger partial charge in [-0.3, -0.25) is 4.79 Å². The maximum absolute atomic E-state index is 13.5. The number of cyclic esters (lactones) is 1. The van der Waals surface area contributed by atoms with Crippen molar-refractivity contribution in [2.45, 2.75) is 25.5 Å². The lowest BCUT2D eigenvalue weighted by atomic mass is 9.93. The molecule has 0 aromatic heterocycles. The summed E-state index contributed by atoms with van der Waals surface area (Å²) < 4.78 is 32.1. The number of carbonyl (C=O) groups is 2. The molecule has 6 heteroatoms. The van der Waals surface area contributed by atoms with E-state index in [1.165, 1.54) is 6.07 Å². The van der Waals surface area contributed by atoms with Crippen LogP contribution in [-0.4, -0.2) is 11.9 Å². The number of carbonyl (C=O) groups excluding carboxylic acids is 2. The molecule has 1 amide bonds. The molecule has 3 aromatic rings. The third-order valence-corrected chi connectivity index (χ3v) is 5.20. The molecule has 1 heterocycles. The molecule has 3 aromatic carbocycles. The molecule has 4 rings (SSSR count). The Balaban J connectivity index is 1.54. The number of fused-ring (bicyclic) bond motifs is 1. The SMILES string of the molecule is CC(NC(=O)c1ccc2c(c1)CC(c1ccccc1)OC2=O)c1ccc(F)c(F)c1. The lowest BCUT2D eigenvalue weighted by Gasteiger charge is -2.25. The highest BCUT2D eigenvalue weighted by Gasteiger charge is 2.28. The number of esters is 1. The van der Waals surface area contributed by atoms with Crippen molar-refractivity contribution < 1.29 is 23.1 Å². The van der Waals surface area contributed by atoms with Crippen molar-refractivity contribution in [2.24, 2.45) is 0 Å². The standard InChI is InChI=1S/C24H19F2NO3/c1-14(16-8-10-20(25)21(26)12-16)27-23(28)17-7-9-19-18(11-17)13-22(30-24(19)29)15-5-3-2-4-6-15/h2-12,14,22H,13H2,1H3,(H,27,28). The summed E-state index contributed by atoms with van der Waals surface area (Å²) >= 11 is 0. The van der Waals surface area contributed by atoms with Crippen molar-refractivity contribution in [1.29, 1.82) is 0 Å². The van der Waals surface area contributed by atoms with E-state index in [2.05, 4.69) is 5.32 Å². The van der Waals surface area contributed by atoms with Gasteiger partial charge in [0.25, 0.3) is 5.91 Å². The van der Waals surface area contributed by atoms with Crippen LogP contribution >= 0.6 is 0 Å². The Labute approximate surface area is 172 Å². The normalized spacial score (nSPS) is 16.4. The van der Waals surface area contributed by atoms with Crippen LogP contribution in [0, 0.1) is 11.6 Å². The Bertz CT molecular complexity index is 1110. The Morgan fingerprint density at radius 3 is 2.53 bits per heavy atom. The second-order valence-corrected chi connectivity index (χ2v) is 7.25. The number of rotatable bonds is 4. The summed E-state index contributed by atoms with van der Waals surface area (Å²) in [5.41, 5.74) is 2.89. The first-order chi connectivity index (χ1) is 14.4. The van der Waals surface area contributed by atoms with E-state index < -0.39 is 29.7 Å². The summed E-state index contributed by atoms with van der Waals surface area (Å²) in [6.07, 6.45) is 0.0518. The molecule has 30 heavy (non-hydrogen) atoms. The average molecular weight is 407 g/mol. The number of ether oxygens (including phenoxy) is 1. The summed E-state index contributed by atoms with van der Waals surface area (Å²) in [4.78, 5) is 25.1. The van der Waals surface area contributed by atoms with Crippen molar-refractivity contribution in [2.75, 3.05) is 0 Å². The largest absolute Gasteiger partial charge is 0.454 e. The average Bonchev–Trinajstić information content (AvgIpc) is 2.75. The van der Waals surface area contributed by atoms with Crippen LogP contribution in [0.4, 0.5) is 8.78 Å². The van der Waals surface area contributed by atoms with E-state index in [-0.39, 0.29) is 5.91 Å². The molecule has 4 nitrogen and oxygen atoms in total. The third kappa shape index (κ3) is 3.94. The van der Waals surface area contributed by atoms with E-state index in [0.29, 0.717) is 23.1 Å². The molecule has 0 aliphatic carbocycles. The van der Waals surface area contributed by atoms with Gasteiger partial charge in [0.15, 0.2) is 11.6 Å². The van der Waals surface area contributed by atoms with E-state index in [0.717, 1.165) is 23.3 Å². The smallest absolute Gasteiger partial charge is 0.339 e. The van der Waals surface area contributed by atoms with Crippen molar-refractivity contribution in [3.63, 3.8) is 0 Å². The van der Waals surface area contributed by atoms with Crippen molar-refractivity contribution in [3.05, 3.63) is 106 Å². The zero-order valence-corrected chi connectivity index (χ0v) is 16.2. The molecule has 0 saturated heterocycles. The minimum atomic E-state index is -0.965. The third-order valence-electron chi connectivity index (χ3n) is 5.20. The quantitative estimate of drug-likeness (QED) is 0.626. The fraction of sp³-hybridized carbons (Fsp3) is 0.167. The second kappa shape index (κ2) is 8.06. The topological polar surface area (TPSA) is 55.4 Å². The number of nitrogens with one attached hydrogen (secondary N) is 1. The predicted octanol–water partition coefficient (Wildman–Crippen LogP) is 4.91. The summed E-state index contributed by atoms with van der Waals surface area (Å²) in [7, 11) is 0. The first-order valence-electron chi connectivity index (χ1n) is 9.57. The van der Waals surface area contributed by atoms with Gasteiger partial charge in [-0.1, -0.05) is 36.4 Å². The van der Waals surface area contributed by atoms with Crippen LogP contribution in [0.1, 0.15) is 56.5 Å². The van der Waals surface area contributed by atoms with Crippen LogP contribution in [-0.2, 0) is 11.2 Å². The molecule has 2 unspecified atom stereocenters. The number of halogens is 2. The predicted molar refractivity (Wildman–Crippen MR) is 107 cm³/mol. The van der Waals surface area contributed by atoms with Crippen LogP contribution in [0.3, 0.4) is 0 Å². The highest BCUT2D eigenvalue weighted by molar-refractivity contribution is 5.98. The Morgan fingerprint density at radius 2 is 1.80 bits per heavy atom. The highest BCUT2D eigenvalue weighted by atomic mass is 19.2. The van der Waals surface area contributed by atoms with Gasteiger partial charge in [-0.15, -0.1) is 0 Å². The summed E-state index contributed by atoms with van der Waals surface area (Å²) in [6.45, 7) is 1.69. The first-order valence-corrected chi connectivity index (χ1v) is 9.57. The fourth-order valence-electron chi connectivity index (χ4n) is 3.54. The molecular weight excluding hydrogens is 388 g/mol. The molecule has 0 saturated carbocycles. The number of amides is 1. The van der Waals surface area contributed by atoms with Crippen LogP contribution < -0.4 is 5.32 Å². The molecule has 2 atom stereocenters. The van der Waals surface area contributed by atoms with Gasteiger partial charge < -0.3 is 10.1 Å². The van der Waals surface area contributed by atoms with Crippen molar-refractivity contribution in [1.82, 2.24) is 5.32 Å². The van der Waals surface area contributed by atoms with E-state index in [1.807, 2.05) is 30.3 Å². The number of benzene rings is 3. The van der Waals surface area contributed by atoms with Gasteiger partial charge in [0.1, 0.15) is 6.10 Å². The van der Waals surface area contributed by atoms with E-state index in [9.17, 15) is 18.4 Å². The number of hydrogen-bond donors (Lipinski definition) is 1. The molecule has 1 aliphatic rings. The summed E-state index contributed by atoms with van der Waals surface area (Å²) in [6, 6.07) is 17.2. The molecule has 152 valence electrons. The van der Waals surface area contributed by atoms with Gasteiger partial charge in [-0.2, -0.15) is 0 Å². The maximum atomic E-state index is 13.5. The molecule has 0 spiro atoms. The Morgan fingerprint density at radius 1 is 1.03 bits per heavy atom. The molecule has 0 bridgehead atoms. The van der Waals surface area contributed by atoms with Crippen molar-refractivity contribution >= 4 is 11.9 Å². The highest BCUT2D eigenvalue weighted by Crippen LogP contribution is 2.31. The van der Waals surface area contributed by atoms with Crippen LogP contribution in [0.5, 0.6) is 0 Å². The minimum Gasteiger partial charge on any atom is -0.454 e.